The zero-order valence-corrected chi connectivity index (χ0v) is 23.3. The van der Waals surface area contributed by atoms with E-state index in [1.54, 1.807) is 7.11 Å². The number of piperidine rings is 1. The number of nitrogens with zero attached hydrogens (tertiary/aromatic N) is 5. The Morgan fingerprint density at radius 2 is 2.02 bits per heavy atom. The Morgan fingerprint density at radius 3 is 2.75 bits per heavy atom. The number of pyridine rings is 1. The molecule has 4 heterocycles. The van der Waals surface area contributed by atoms with Crippen molar-refractivity contribution < 1.29 is 14.3 Å². The molecule has 2 N–H and O–H groups in total. The molecule has 0 radical (unpaired) electrons. The number of aryl methyl sites for hydroxylation is 1. The SMILES string of the molecule is CCC(=O)C[C@H]1C[C@@H]2CN(C(=O)c3cc(OC)c4c(c3)nc(-c3cc5cccnc5n3CC3CC3)n4C)[C@H]1[C@@H]2N. The van der Waals surface area contributed by atoms with Crippen molar-refractivity contribution in [1.82, 2.24) is 24.0 Å². The average molecular weight is 541 g/mol. The minimum absolute atomic E-state index is 0.0731. The minimum atomic E-state index is -0.111. The Hall–Kier alpha value is -3.72. The highest BCUT2D eigenvalue weighted by Crippen LogP contribution is 2.44. The first-order valence-electron chi connectivity index (χ1n) is 14.4. The summed E-state index contributed by atoms with van der Waals surface area (Å²) in [6, 6.07) is 9.70. The molecule has 7 rings (SSSR count). The smallest absolute Gasteiger partial charge is 0.254 e. The lowest BCUT2D eigenvalue weighted by atomic mass is 9.91. The van der Waals surface area contributed by atoms with E-state index in [1.807, 2.05) is 43.3 Å². The highest BCUT2D eigenvalue weighted by Gasteiger charge is 2.52. The van der Waals surface area contributed by atoms with Crippen molar-refractivity contribution in [2.24, 2.45) is 30.5 Å². The summed E-state index contributed by atoms with van der Waals surface area (Å²) in [6.07, 6.45) is 6.24. The Labute approximate surface area is 233 Å². The number of ketones is 1. The van der Waals surface area contributed by atoms with Gasteiger partial charge >= 0.3 is 0 Å². The number of Topliss-reactive ketones (excluding diaryl/α,β-unsaturated/α-hetero) is 1. The molecular formula is C31H36N6O3. The van der Waals surface area contributed by atoms with Gasteiger partial charge in [0.15, 0.2) is 5.82 Å². The van der Waals surface area contributed by atoms with Gasteiger partial charge in [-0.3, -0.25) is 9.59 Å². The summed E-state index contributed by atoms with van der Waals surface area (Å²) < 4.78 is 10.2. The lowest BCUT2D eigenvalue weighted by Crippen LogP contribution is -2.46. The predicted molar refractivity (Wildman–Crippen MR) is 153 cm³/mol. The fraction of sp³-hybridized carbons (Fsp3) is 0.484. The van der Waals surface area contributed by atoms with E-state index in [1.165, 1.54) is 12.8 Å². The molecule has 0 unspecified atom stereocenters. The second-order valence-corrected chi connectivity index (χ2v) is 11.9. The molecule has 1 saturated heterocycles. The summed E-state index contributed by atoms with van der Waals surface area (Å²) in [4.78, 5) is 37.8. The largest absolute Gasteiger partial charge is 0.494 e. The van der Waals surface area contributed by atoms with Gasteiger partial charge in [-0.05, 0) is 67.3 Å². The van der Waals surface area contributed by atoms with Gasteiger partial charge in [-0.2, -0.15) is 0 Å². The minimum Gasteiger partial charge on any atom is -0.494 e. The van der Waals surface area contributed by atoms with E-state index >= 15 is 0 Å². The molecule has 0 spiro atoms. The number of nitrogens with two attached hydrogens (primary N) is 1. The molecule has 4 aromatic rings. The molecule has 2 saturated carbocycles. The summed E-state index contributed by atoms with van der Waals surface area (Å²) in [6.45, 7) is 3.44. The quantitative estimate of drug-likeness (QED) is 0.360. The Bertz CT molecular complexity index is 1650. The fourth-order valence-electron chi connectivity index (χ4n) is 7.17. The van der Waals surface area contributed by atoms with Crippen LogP contribution in [0.2, 0.25) is 0 Å². The molecule has 1 aliphatic heterocycles. The first-order chi connectivity index (χ1) is 19.4. The number of amides is 1. The molecule has 2 bridgehead atoms. The molecule has 1 amide bonds. The van der Waals surface area contributed by atoms with Crippen LogP contribution in [0.4, 0.5) is 0 Å². The second kappa shape index (κ2) is 9.44. The van der Waals surface area contributed by atoms with E-state index in [2.05, 4.69) is 26.3 Å². The maximum Gasteiger partial charge on any atom is 0.254 e. The lowest BCUT2D eigenvalue weighted by Gasteiger charge is -2.33. The molecule has 2 aliphatic carbocycles. The highest BCUT2D eigenvalue weighted by molar-refractivity contribution is 6.00. The number of carbonyl (C=O) groups excluding carboxylic acids is 2. The average Bonchev–Trinajstić information content (AvgIpc) is 3.40. The van der Waals surface area contributed by atoms with Crippen molar-refractivity contribution in [3.8, 4) is 17.3 Å². The monoisotopic (exact) mass is 540 g/mol. The summed E-state index contributed by atoms with van der Waals surface area (Å²) in [5.74, 6) is 2.61. The van der Waals surface area contributed by atoms with E-state index in [4.69, 9.17) is 15.5 Å². The zero-order chi connectivity index (χ0) is 27.7. The van der Waals surface area contributed by atoms with Gasteiger partial charge in [0.2, 0.25) is 0 Å². The number of aromatic nitrogens is 4. The van der Waals surface area contributed by atoms with Gasteiger partial charge in [0.1, 0.15) is 22.7 Å². The number of imidazole rings is 1. The van der Waals surface area contributed by atoms with Crippen LogP contribution in [-0.4, -0.2) is 61.4 Å². The van der Waals surface area contributed by atoms with E-state index < -0.39 is 0 Å². The molecule has 3 fully saturated rings. The number of methoxy groups -OCH3 is 1. The summed E-state index contributed by atoms with van der Waals surface area (Å²) in [5.41, 5.74) is 10.6. The van der Waals surface area contributed by atoms with Gasteiger partial charge in [-0.25, -0.2) is 9.97 Å². The van der Waals surface area contributed by atoms with Crippen LogP contribution in [0.3, 0.4) is 0 Å². The first-order valence-corrected chi connectivity index (χ1v) is 14.4. The summed E-state index contributed by atoms with van der Waals surface area (Å²) in [5, 5.41) is 1.09. The third-order valence-corrected chi connectivity index (χ3v) is 9.39. The van der Waals surface area contributed by atoms with Crippen LogP contribution >= 0.6 is 0 Å². The number of likely N-dealkylation sites (tertiary alicyclic amines) is 1. The summed E-state index contributed by atoms with van der Waals surface area (Å²) in [7, 11) is 3.62. The number of carbonyl (C=O) groups is 2. The predicted octanol–water partition coefficient (Wildman–Crippen LogP) is 4.17. The maximum absolute atomic E-state index is 13.9. The standard InChI is InChI=1S/C31H36N6O3/c1-4-22(38)11-19-10-21-16-37(27(19)26(21)32)31(39)20-12-23-28(25(14-20)40-3)35(2)30(34-23)24-13-18-6-5-9-33-29(18)36(24)15-17-7-8-17/h5-6,9,12-14,17,19,21,26-27H,4,7-8,10-11,15-16,32H2,1-3H3/t19-,21-,26-,27-/m1/s1. The van der Waals surface area contributed by atoms with Crippen LogP contribution < -0.4 is 10.5 Å². The Kier molecular flexibility index (Phi) is 5.96. The Balaban J connectivity index is 1.28. The molecular weight excluding hydrogens is 504 g/mol. The van der Waals surface area contributed by atoms with Crippen molar-refractivity contribution in [3.05, 3.63) is 42.1 Å². The molecule has 40 heavy (non-hydrogen) atoms. The normalized spacial score (nSPS) is 23.9. The van der Waals surface area contributed by atoms with Gasteiger partial charge in [-0.15, -0.1) is 0 Å². The molecule has 3 aromatic heterocycles. The molecule has 3 aliphatic rings. The fourth-order valence-corrected chi connectivity index (χ4v) is 7.17. The van der Waals surface area contributed by atoms with E-state index in [0.29, 0.717) is 42.1 Å². The topological polar surface area (TPSA) is 108 Å². The molecule has 4 atom stereocenters. The third-order valence-electron chi connectivity index (χ3n) is 9.39. The molecule has 208 valence electrons. The van der Waals surface area contributed by atoms with E-state index in [-0.39, 0.29) is 35.6 Å². The third kappa shape index (κ3) is 3.93. The van der Waals surface area contributed by atoms with Crippen LogP contribution in [0.15, 0.2) is 36.5 Å². The van der Waals surface area contributed by atoms with Gasteiger partial charge in [0, 0.05) is 56.2 Å². The molecule has 9 heteroatoms. The van der Waals surface area contributed by atoms with E-state index in [0.717, 1.165) is 41.0 Å². The highest BCUT2D eigenvalue weighted by atomic mass is 16.5. The van der Waals surface area contributed by atoms with Gasteiger partial charge in [0.05, 0.1) is 24.4 Å². The number of fused-ring (bicyclic) bond motifs is 4. The summed E-state index contributed by atoms with van der Waals surface area (Å²) >= 11 is 0. The number of rotatable bonds is 8. The van der Waals surface area contributed by atoms with Crippen molar-refractivity contribution in [2.75, 3.05) is 13.7 Å². The van der Waals surface area contributed by atoms with Crippen LogP contribution in [0.5, 0.6) is 5.75 Å². The second-order valence-electron chi connectivity index (χ2n) is 11.9. The molecule has 1 aromatic carbocycles. The number of hydrogen-bond acceptors (Lipinski definition) is 6. The van der Waals surface area contributed by atoms with Crippen LogP contribution in [-0.2, 0) is 18.4 Å². The van der Waals surface area contributed by atoms with Crippen LogP contribution in [0.1, 0.15) is 49.4 Å². The maximum atomic E-state index is 13.9. The van der Waals surface area contributed by atoms with Crippen molar-refractivity contribution in [3.63, 3.8) is 0 Å². The van der Waals surface area contributed by atoms with Gasteiger partial charge in [0.25, 0.3) is 5.91 Å². The van der Waals surface area contributed by atoms with Crippen molar-refractivity contribution >= 4 is 33.8 Å². The van der Waals surface area contributed by atoms with Crippen molar-refractivity contribution in [1.29, 1.82) is 0 Å². The first kappa shape index (κ1) is 25.3. The van der Waals surface area contributed by atoms with E-state index in [9.17, 15) is 9.59 Å². The zero-order valence-electron chi connectivity index (χ0n) is 23.3. The van der Waals surface area contributed by atoms with Gasteiger partial charge < -0.3 is 24.5 Å². The number of hydrogen-bond donors (Lipinski definition) is 1. The van der Waals surface area contributed by atoms with Crippen LogP contribution in [0, 0.1) is 17.8 Å². The lowest BCUT2D eigenvalue weighted by molar-refractivity contribution is -0.120. The number of benzene rings is 1. The molecule has 9 nitrogen and oxygen atoms in total. The van der Waals surface area contributed by atoms with Gasteiger partial charge in [-0.1, -0.05) is 6.92 Å². The van der Waals surface area contributed by atoms with Crippen LogP contribution in [0.25, 0.3) is 33.6 Å². The Morgan fingerprint density at radius 1 is 1.20 bits per heavy atom. The number of ether oxygens (including phenoxy) is 1. The van der Waals surface area contributed by atoms with Crippen molar-refractivity contribution in [2.45, 2.75) is 57.7 Å².